The number of carboxylic acid groups (broad SMARTS) is 1. The highest BCUT2D eigenvalue weighted by atomic mass is 16.4. The monoisotopic (exact) mass is 211 g/mol. The van der Waals surface area contributed by atoms with Crippen LogP contribution in [0.4, 0.5) is 0 Å². The maximum Gasteiger partial charge on any atom is 0.305 e. The van der Waals surface area contributed by atoms with Gasteiger partial charge in [0.25, 0.3) is 0 Å². The van der Waals surface area contributed by atoms with Crippen molar-refractivity contribution in [3.05, 3.63) is 0 Å². The van der Waals surface area contributed by atoms with Gasteiger partial charge in [0.05, 0.1) is 18.5 Å². The third-order valence-corrected chi connectivity index (χ3v) is 2.40. The molecule has 1 saturated heterocycles. The molecule has 2 atom stereocenters. The van der Waals surface area contributed by atoms with E-state index in [4.69, 9.17) is 16.1 Å². The first-order valence-corrected chi connectivity index (χ1v) is 4.73. The highest BCUT2D eigenvalue weighted by molar-refractivity contribution is 5.86. The minimum atomic E-state index is -1.11. The van der Waals surface area contributed by atoms with Crippen molar-refractivity contribution in [1.82, 2.24) is 4.90 Å². The van der Waals surface area contributed by atoms with Crippen molar-refractivity contribution in [1.29, 1.82) is 5.26 Å². The molecule has 0 aromatic rings. The van der Waals surface area contributed by atoms with Crippen LogP contribution in [-0.2, 0) is 9.59 Å². The third kappa shape index (κ3) is 2.67. The Kier molecular flexibility index (Phi) is 3.63. The molecule has 0 radical (unpaired) electrons. The molecule has 0 aromatic carbocycles. The first kappa shape index (κ1) is 11.5. The number of hydrogen-bond donors (Lipinski definition) is 2. The molecule has 1 rings (SSSR count). The molecule has 15 heavy (non-hydrogen) atoms. The maximum atomic E-state index is 11.6. The SMILES string of the molecule is N#C[C@@H]1CCCN1C(=O)[C@@H](N)CC(=O)O. The summed E-state index contributed by atoms with van der Waals surface area (Å²) in [5.41, 5.74) is 5.43. The van der Waals surface area contributed by atoms with Crippen molar-refractivity contribution in [3.63, 3.8) is 0 Å². The van der Waals surface area contributed by atoms with Crippen molar-refractivity contribution >= 4 is 11.9 Å². The van der Waals surface area contributed by atoms with E-state index < -0.39 is 30.4 Å². The number of nitriles is 1. The van der Waals surface area contributed by atoms with E-state index in [1.807, 2.05) is 6.07 Å². The van der Waals surface area contributed by atoms with Gasteiger partial charge in [-0.25, -0.2) is 0 Å². The Hall–Kier alpha value is -1.61. The predicted molar refractivity (Wildman–Crippen MR) is 50.6 cm³/mol. The van der Waals surface area contributed by atoms with Gasteiger partial charge in [0.2, 0.25) is 5.91 Å². The number of hydrogen-bond acceptors (Lipinski definition) is 4. The molecule has 82 valence electrons. The second kappa shape index (κ2) is 4.75. The number of nitrogens with two attached hydrogens (primary N) is 1. The number of rotatable bonds is 3. The van der Waals surface area contributed by atoms with Crippen molar-refractivity contribution in [3.8, 4) is 6.07 Å². The quantitative estimate of drug-likeness (QED) is 0.642. The van der Waals surface area contributed by atoms with E-state index in [0.29, 0.717) is 13.0 Å². The summed E-state index contributed by atoms with van der Waals surface area (Å²) in [6, 6.07) is 0.513. The summed E-state index contributed by atoms with van der Waals surface area (Å²) in [4.78, 5) is 23.4. The Balaban J connectivity index is 2.60. The van der Waals surface area contributed by atoms with Gasteiger partial charge in [0.1, 0.15) is 6.04 Å². The van der Waals surface area contributed by atoms with Crippen molar-refractivity contribution in [2.75, 3.05) is 6.54 Å². The summed E-state index contributed by atoms with van der Waals surface area (Å²) in [6.45, 7) is 0.490. The number of nitrogens with zero attached hydrogens (tertiary/aromatic N) is 2. The van der Waals surface area contributed by atoms with E-state index in [-0.39, 0.29) is 0 Å². The fraction of sp³-hybridized carbons (Fsp3) is 0.667. The molecule has 0 aromatic heterocycles. The molecule has 1 amide bonds. The van der Waals surface area contributed by atoms with Crippen LogP contribution in [0, 0.1) is 11.3 Å². The Morgan fingerprint density at radius 1 is 1.67 bits per heavy atom. The standard InChI is InChI=1S/C9H13N3O3/c10-5-6-2-1-3-12(6)9(15)7(11)4-8(13)14/h6-7H,1-4,11H2,(H,13,14)/t6-,7-/m0/s1. The lowest BCUT2D eigenvalue weighted by Gasteiger charge is -2.22. The number of carbonyl (C=O) groups is 2. The topological polar surface area (TPSA) is 107 Å². The molecular formula is C9H13N3O3. The van der Waals surface area contributed by atoms with Crippen LogP contribution >= 0.6 is 0 Å². The Morgan fingerprint density at radius 2 is 2.33 bits per heavy atom. The minimum Gasteiger partial charge on any atom is -0.481 e. The average molecular weight is 211 g/mol. The number of likely N-dealkylation sites (tertiary alicyclic amines) is 1. The highest BCUT2D eigenvalue weighted by Crippen LogP contribution is 2.17. The van der Waals surface area contributed by atoms with Crippen molar-refractivity contribution in [2.24, 2.45) is 5.73 Å². The number of amides is 1. The molecule has 0 spiro atoms. The number of carboxylic acids is 1. The lowest BCUT2D eigenvalue weighted by molar-refractivity contribution is -0.142. The van der Waals surface area contributed by atoms with Gasteiger partial charge in [-0.15, -0.1) is 0 Å². The van der Waals surface area contributed by atoms with Crippen LogP contribution in [0.15, 0.2) is 0 Å². The van der Waals surface area contributed by atoms with Crippen LogP contribution < -0.4 is 5.73 Å². The van der Waals surface area contributed by atoms with Gasteiger partial charge in [0, 0.05) is 6.54 Å². The van der Waals surface area contributed by atoms with Crippen LogP contribution in [0.2, 0.25) is 0 Å². The second-order valence-electron chi connectivity index (χ2n) is 3.52. The van der Waals surface area contributed by atoms with Crippen LogP contribution in [-0.4, -0.2) is 40.5 Å². The normalized spacial score (nSPS) is 22.1. The summed E-state index contributed by atoms with van der Waals surface area (Å²) < 4.78 is 0. The van der Waals surface area contributed by atoms with Gasteiger partial charge in [0.15, 0.2) is 0 Å². The molecule has 3 N–H and O–H groups in total. The first-order valence-electron chi connectivity index (χ1n) is 4.73. The van der Waals surface area contributed by atoms with Gasteiger partial charge < -0.3 is 15.7 Å². The molecule has 0 saturated carbocycles. The highest BCUT2D eigenvalue weighted by Gasteiger charge is 2.32. The summed E-state index contributed by atoms with van der Waals surface area (Å²) in [7, 11) is 0. The lowest BCUT2D eigenvalue weighted by atomic mass is 10.2. The predicted octanol–water partition coefficient (Wildman–Crippen LogP) is -0.697. The molecular weight excluding hydrogens is 198 g/mol. The van der Waals surface area contributed by atoms with Crippen LogP contribution in [0.1, 0.15) is 19.3 Å². The Bertz CT molecular complexity index is 310. The smallest absolute Gasteiger partial charge is 0.305 e. The van der Waals surface area contributed by atoms with Gasteiger partial charge in [-0.2, -0.15) is 5.26 Å². The van der Waals surface area contributed by atoms with Crippen molar-refractivity contribution < 1.29 is 14.7 Å². The summed E-state index contributed by atoms with van der Waals surface area (Å²) in [5, 5.41) is 17.2. The maximum absolute atomic E-state index is 11.6. The Labute approximate surface area is 87.3 Å². The largest absolute Gasteiger partial charge is 0.481 e. The molecule has 0 bridgehead atoms. The zero-order chi connectivity index (χ0) is 11.4. The van der Waals surface area contributed by atoms with Gasteiger partial charge >= 0.3 is 5.97 Å². The average Bonchev–Trinajstić information content (AvgIpc) is 2.62. The molecule has 1 fully saturated rings. The van der Waals surface area contributed by atoms with E-state index in [9.17, 15) is 9.59 Å². The van der Waals surface area contributed by atoms with Gasteiger partial charge in [-0.1, -0.05) is 0 Å². The molecule has 0 aliphatic carbocycles. The van der Waals surface area contributed by atoms with Gasteiger partial charge in [-0.05, 0) is 12.8 Å². The third-order valence-electron chi connectivity index (χ3n) is 2.40. The fourth-order valence-corrected chi connectivity index (χ4v) is 1.65. The molecule has 1 aliphatic rings. The summed E-state index contributed by atoms with van der Waals surface area (Å²) in [5.74, 6) is -1.55. The molecule has 0 unspecified atom stereocenters. The van der Waals surface area contributed by atoms with E-state index in [2.05, 4.69) is 0 Å². The van der Waals surface area contributed by atoms with Crippen molar-refractivity contribution in [2.45, 2.75) is 31.3 Å². The second-order valence-corrected chi connectivity index (χ2v) is 3.52. The molecule has 6 nitrogen and oxygen atoms in total. The first-order chi connectivity index (χ1) is 7.06. The van der Waals surface area contributed by atoms with E-state index in [1.165, 1.54) is 4.90 Å². The zero-order valence-electron chi connectivity index (χ0n) is 8.22. The fourth-order valence-electron chi connectivity index (χ4n) is 1.65. The minimum absolute atomic E-state index is 0.395. The number of carbonyl (C=O) groups excluding carboxylic acids is 1. The zero-order valence-corrected chi connectivity index (χ0v) is 8.22. The van der Waals surface area contributed by atoms with E-state index in [0.717, 1.165) is 6.42 Å². The summed E-state index contributed by atoms with van der Waals surface area (Å²) in [6.07, 6.45) is 1.01. The van der Waals surface area contributed by atoms with E-state index >= 15 is 0 Å². The van der Waals surface area contributed by atoms with Crippen LogP contribution in [0.3, 0.4) is 0 Å². The van der Waals surface area contributed by atoms with E-state index in [1.54, 1.807) is 0 Å². The van der Waals surface area contributed by atoms with Crippen LogP contribution in [0.25, 0.3) is 0 Å². The molecule has 6 heteroatoms. The molecule has 1 heterocycles. The summed E-state index contributed by atoms with van der Waals surface area (Å²) >= 11 is 0. The van der Waals surface area contributed by atoms with Crippen LogP contribution in [0.5, 0.6) is 0 Å². The Morgan fingerprint density at radius 3 is 2.87 bits per heavy atom. The lowest BCUT2D eigenvalue weighted by Crippen LogP contribution is -2.46. The molecule has 1 aliphatic heterocycles. The number of aliphatic carboxylic acids is 1. The van der Waals surface area contributed by atoms with Gasteiger partial charge in [-0.3, -0.25) is 9.59 Å².